The number of aryl methyl sites for hydroxylation is 1. The number of fused-ring (bicyclic) bond motifs is 5. The van der Waals surface area contributed by atoms with Crippen molar-refractivity contribution < 1.29 is 19.5 Å². The summed E-state index contributed by atoms with van der Waals surface area (Å²) in [4.78, 5) is 46.6. The van der Waals surface area contributed by atoms with Crippen molar-refractivity contribution in [1.29, 1.82) is 0 Å². The summed E-state index contributed by atoms with van der Waals surface area (Å²) < 4.78 is 2.25. The number of carboxylic acids is 1. The third-order valence-corrected chi connectivity index (χ3v) is 9.93. The van der Waals surface area contributed by atoms with Crippen molar-refractivity contribution in [3.05, 3.63) is 120 Å². The average molecular weight is 597 g/mol. The first kappa shape index (κ1) is 27.3. The first-order chi connectivity index (χ1) is 21.9. The summed E-state index contributed by atoms with van der Waals surface area (Å²) in [6, 6.07) is 30.7. The number of hydrogen-bond acceptors (Lipinski definition) is 4. The van der Waals surface area contributed by atoms with E-state index in [9.17, 15) is 19.5 Å². The number of amides is 2. The number of benzene rings is 4. The highest BCUT2D eigenvalue weighted by molar-refractivity contribution is 6.10. The van der Waals surface area contributed by atoms with Gasteiger partial charge in [0.15, 0.2) is 0 Å². The minimum atomic E-state index is -1.70. The fourth-order valence-electron chi connectivity index (χ4n) is 7.89. The van der Waals surface area contributed by atoms with Gasteiger partial charge >= 0.3 is 5.97 Å². The number of carboxylic acid groups (broad SMARTS) is 1. The van der Waals surface area contributed by atoms with E-state index in [2.05, 4.69) is 40.0 Å². The van der Waals surface area contributed by atoms with E-state index in [0.29, 0.717) is 0 Å². The summed E-state index contributed by atoms with van der Waals surface area (Å²) in [7, 11) is 0. The monoisotopic (exact) mass is 596 g/mol. The fourth-order valence-corrected chi connectivity index (χ4v) is 7.89. The molecule has 2 aromatic heterocycles. The average Bonchev–Trinajstić information content (AvgIpc) is 3.79. The van der Waals surface area contributed by atoms with Crippen LogP contribution in [-0.4, -0.2) is 42.9 Å². The van der Waals surface area contributed by atoms with Gasteiger partial charge in [-0.05, 0) is 47.9 Å². The summed E-state index contributed by atoms with van der Waals surface area (Å²) in [5.41, 5.74) is 3.76. The maximum absolute atomic E-state index is 14.3. The number of likely N-dealkylation sites (tertiary alicyclic amines) is 1. The third-order valence-electron chi connectivity index (χ3n) is 9.93. The van der Waals surface area contributed by atoms with Crippen LogP contribution in [0.2, 0.25) is 0 Å². The minimum absolute atomic E-state index is 0.0413. The van der Waals surface area contributed by atoms with Crippen molar-refractivity contribution in [3.8, 4) is 0 Å². The third kappa shape index (κ3) is 3.98. The minimum Gasteiger partial charge on any atom is -0.480 e. The number of aromatic amines is 1. The van der Waals surface area contributed by atoms with Crippen molar-refractivity contribution in [2.24, 2.45) is 11.8 Å². The zero-order valence-corrected chi connectivity index (χ0v) is 24.7. The molecule has 2 aliphatic heterocycles. The molecule has 4 atom stereocenters. The predicted octanol–water partition coefficient (Wildman–Crippen LogP) is 5.81. The van der Waals surface area contributed by atoms with Gasteiger partial charge in [0.1, 0.15) is 5.54 Å². The molecule has 8 nitrogen and oxygen atoms in total. The van der Waals surface area contributed by atoms with Crippen molar-refractivity contribution in [3.63, 3.8) is 0 Å². The fraction of sp³-hybridized carbons (Fsp3) is 0.216. The predicted molar refractivity (Wildman–Crippen MR) is 172 cm³/mol. The molecule has 224 valence electrons. The van der Waals surface area contributed by atoms with Gasteiger partial charge in [-0.3, -0.25) is 24.6 Å². The van der Waals surface area contributed by atoms with Gasteiger partial charge in [0, 0.05) is 57.9 Å². The molecule has 4 unspecified atom stereocenters. The lowest BCUT2D eigenvalue weighted by Crippen LogP contribution is -2.57. The number of hydrogen-bond donors (Lipinski definition) is 3. The van der Waals surface area contributed by atoms with Crippen LogP contribution < -0.4 is 5.32 Å². The Morgan fingerprint density at radius 2 is 1.56 bits per heavy atom. The molecule has 8 heteroatoms. The van der Waals surface area contributed by atoms with E-state index in [1.54, 1.807) is 0 Å². The molecule has 2 aliphatic rings. The number of nitrogens with zero attached hydrogens (tertiary/aromatic N) is 2. The topological polar surface area (TPSA) is 107 Å². The summed E-state index contributed by atoms with van der Waals surface area (Å²) in [5.74, 6) is -3.90. The molecule has 45 heavy (non-hydrogen) atoms. The number of carbonyl (C=O) groups excluding carboxylic acids is 2. The maximum Gasteiger partial charge on any atom is 0.325 e. The second kappa shape index (κ2) is 10.2. The number of aliphatic carboxylic acids is 1. The first-order valence-electron chi connectivity index (χ1n) is 15.4. The number of para-hydroxylation sites is 2. The van der Waals surface area contributed by atoms with Crippen molar-refractivity contribution in [2.45, 2.75) is 38.0 Å². The number of carbonyl (C=O) groups is 3. The Labute approximate surface area is 259 Å². The molecule has 6 aromatic rings. The van der Waals surface area contributed by atoms with Gasteiger partial charge in [-0.1, -0.05) is 72.8 Å². The molecule has 2 amide bonds. The summed E-state index contributed by atoms with van der Waals surface area (Å²) in [6.07, 6.45) is 1.85. The molecule has 0 saturated carbocycles. The zero-order valence-electron chi connectivity index (χ0n) is 24.7. The summed E-state index contributed by atoms with van der Waals surface area (Å²) in [5, 5.41) is 17.5. The molecule has 0 spiro atoms. The highest BCUT2D eigenvalue weighted by atomic mass is 16.4. The van der Waals surface area contributed by atoms with Crippen LogP contribution in [0, 0.1) is 11.8 Å². The van der Waals surface area contributed by atoms with E-state index in [1.165, 1.54) is 4.90 Å². The summed E-state index contributed by atoms with van der Waals surface area (Å²) in [6.45, 7) is 3.01. The molecule has 2 saturated heterocycles. The van der Waals surface area contributed by atoms with Crippen molar-refractivity contribution in [2.75, 3.05) is 0 Å². The smallest absolute Gasteiger partial charge is 0.325 e. The lowest BCUT2D eigenvalue weighted by Gasteiger charge is -2.31. The molecule has 4 heterocycles. The Morgan fingerprint density at radius 1 is 0.844 bits per heavy atom. The van der Waals surface area contributed by atoms with Gasteiger partial charge in [-0.15, -0.1) is 0 Å². The van der Waals surface area contributed by atoms with Crippen LogP contribution in [0.1, 0.15) is 29.7 Å². The van der Waals surface area contributed by atoms with Crippen LogP contribution in [0.25, 0.3) is 32.7 Å². The van der Waals surface area contributed by atoms with E-state index in [1.807, 2.05) is 85.1 Å². The van der Waals surface area contributed by atoms with Crippen LogP contribution in [0.15, 0.2) is 103 Å². The van der Waals surface area contributed by atoms with Crippen LogP contribution >= 0.6 is 0 Å². The highest BCUT2D eigenvalue weighted by Crippen LogP contribution is 2.51. The molecule has 0 bridgehead atoms. The standard InChI is InChI=1S/C37H32N4O4/c1-2-40-29-15-9-7-13-26(29)27-18-23(16-17-30(27)40)33-31-32(35(43)41(34(31)42)21-22-10-4-3-5-11-22)37(39-33,36(44)45)19-24-20-38-28-14-8-6-12-25(24)28/h3-18,20,31-33,38-39H,2,19,21H2,1H3,(H,44,45). The van der Waals surface area contributed by atoms with E-state index < -0.39 is 35.3 Å². The zero-order chi connectivity index (χ0) is 30.9. The highest BCUT2D eigenvalue weighted by Gasteiger charge is 2.68. The molecule has 0 aliphatic carbocycles. The first-order valence-corrected chi connectivity index (χ1v) is 15.4. The van der Waals surface area contributed by atoms with Crippen molar-refractivity contribution in [1.82, 2.24) is 19.8 Å². The van der Waals surface area contributed by atoms with E-state index in [4.69, 9.17) is 0 Å². The van der Waals surface area contributed by atoms with Gasteiger partial charge in [-0.2, -0.15) is 0 Å². The normalized spacial score (nSPS) is 23.0. The lowest BCUT2D eigenvalue weighted by atomic mass is 9.76. The number of aromatic nitrogens is 2. The van der Waals surface area contributed by atoms with E-state index >= 15 is 0 Å². The lowest BCUT2D eigenvalue weighted by molar-refractivity contribution is -0.151. The molecular formula is C37H32N4O4. The second-order valence-corrected chi connectivity index (χ2v) is 12.2. The van der Waals surface area contributed by atoms with Crippen LogP contribution in [-0.2, 0) is 33.9 Å². The van der Waals surface area contributed by atoms with E-state index in [0.717, 1.165) is 55.9 Å². The van der Waals surface area contributed by atoms with Crippen LogP contribution in [0.3, 0.4) is 0 Å². The maximum atomic E-state index is 14.3. The number of imide groups is 1. The Bertz CT molecular complexity index is 2150. The molecular weight excluding hydrogens is 564 g/mol. The summed E-state index contributed by atoms with van der Waals surface area (Å²) >= 11 is 0. The van der Waals surface area contributed by atoms with E-state index in [-0.39, 0.29) is 18.9 Å². The quantitative estimate of drug-likeness (QED) is 0.202. The largest absolute Gasteiger partial charge is 0.480 e. The van der Waals surface area contributed by atoms with Crippen LogP contribution in [0.4, 0.5) is 0 Å². The SMILES string of the molecule is CCn1c2ccccc2c2cc(C3NC(Cc4c[nH]c5ccccc45)(C(=O)O)C4C(=O)N(Cc5ccccc5)C(=O)C34)ccc21. The van der Waals surface area contributed by atoms with Gasteiger partial charge < -0.3 is 14.7 Å². The molecule has 4 aromatic carbocycles. The Balaban J connectivity index is 1.29. The van der Waals surface area contributed by atoms with Crippen molar-refractivity contribution >= 4 is 50.5 Å². The molecule has 2 fully saturated rings. The van der Waals surface area contributed by atoms with Gasteiger partial charge in [-0.25, -0.2) is 0 Å². The molecule has 3 N–H and O–H groups in total. The Kier molecular flexibility index (Phi) is 6.18. The number of rotatable bonds is 7. The van der Waals surface area contributed by atoms with Gasteiger partial charge in [0.2, 0.25) is 11.8 Å². The number of H-pyrrole nitrogens is 1. The Morgan fingerprint density at radius 3 is 2.33 bits per heavy atom. The Hall–Kier alpha value is -5.21. The van der Waals surface area contributed by atoms with Crippen LogP contribution in [0.5, 0.6) is 0 Å². The second-order valence-electron chi connectivity index (χ2n) is 12.2. The van der Waals surface area contributed by atoms with Gasteiger partial charge in [0.05, 0.1) is 18.4 Å². The van der Waals surface area contributed by atoms with Gasteiger partial charge in [0.25, 0.3) is 0 Å². The molecule has 0 radical (unpaired) electrons. The number of nitrogens with one attached hydrogen (secondary N) is 2. The molecule has 8 rings (SSSR count).